The number of nitrogens with one attached hydrogen (secondary N) is 1. The van der Waals surface area contributed by atoms with Crippen LogP contribution in [0.4, 0.5) is 0 Å². The summed E-state index contributed by atoms with van der Waals surface area (Å²) in [5, 5.41) is 5.48. The Morgan fingerprint density at radius 3 is 3.00 bits per heavy atom. The van der Waals surface area contributed by atoms with E-state index in [-0.39, 0.29) is 11.8 Å². The lowest BCUT2D eigenvalue weighted by Crippen LogP contribution is -2.29. The topological polar surface area (TPSA) is 59.1 Å². The molecule has 1 aromatic heterocycles. The SMILES string of the molecule is Cc1ncc(CNC2C=CS(=O)(=O)C2)s1. The van der Waals surface area contributed by atoms with E-state index in [4.69, 9.17) is 0 Å². The van der Waals surface area contributed by atoms with Crippen LogP contribution in [0.2, 0.25) is 0 Å². The second-order valence-electron chi connectivity index (χ2n) is 3.49. The van der Waals surface area contributed by atoms with Crippen molar-refractivity contribution in [1.29, 1.82) is 0 Å². The van der Waals surface area contributed by atoms with Crippen molar-refractivity contribution in [1.82, 2.24) is 10.3 Å². The third-order valence-corrected chi connectivity index (χ3v) is 4.45. The van der Waals surface area contributed by atoms with Gasteiger partial charge < -0.3 is 5.32 Å². The molecule has 4 nitrogen and oxygen atoms in total. The normalized spacial score (nSPS) is 23.4. The summed E-state index contributed by atoms with van der Waals surface area (Å²) in [7, 11) is -2.95. The highest BCUT2D eigenvalue weighted by Crippen LogP contribution is 2.13. The average Bonchev–Trinajstić information content (AvgIpc) is 2.69. The zero-order chi connectivity index (χ0) is 10.9. The lowest BCUT2D eigenvalue weighted by Gasteiger charge is -2.07. The van der Waals surface area contributed by atoms with Crippen molar-refractivity contribution in [2.45, 2.75) is 19.5 Å². The van der Waals surface area contributed by atoms with Crippen molar-refractivity contribution >= 4 is 21.2 Å². The number of nitrogens with zero attached hydrogens (tertiary/aromatic N) is 1. The zero-order valence-corrected chi connectivity index (χ0v) is 9.94. The Bertz CT molecular complexity index is 476. The molecule has 1 atom stereocenters. The van der Waals surface area contributed by atoms with E-state index in [2.05, 4.69) is 10.3 Å². The van der Waals surface area contributed by atoms with E-state index in [9.17, 15) is 8.42 Å². The molecule has 0 radical (unpaired) electrons. The maximum Gasteiger partial charge on any atom is 0.173 e. The molecule has 2 heterocycles. The van der Waals surface area contributed by atoms with Crippen molar-refractivity contribution in [3.63, 3.8) is 0 Å². The molecule has 0 amide bonds. The highest BCUT2D eigenvalue weighted by molar-refractivity contribution is 7.94. The predicted octanol–water partition coefficient (Wildman–Crippen LogP) is 0.852. The Morgan fingerprint density at radius 1 is 1.67 bits per heavy atom. The van der Waals surface area contributed by atoms with Crippen LogP contribution in [0.5, 0.6) is 0 Å². The van der Waals surface area contributed by atoms with Gasteiger partial charge in [0.1, 0.15) is 0 Å². The molecule has 82 valence electrons. The molecule has 6 heteroatoms. The molecule has 0 bridgehead atoms. The van der Waals surface area contributed by atoms with Crippen LogP contribution in [0.25, 0.3) is 0 Å². The quantitative estimate of drug-likeness (QED) is 0.856. The van der Waals surface area contributed by atoms with Crippen LogP contribution in [0.1, 0.15) is 9.88 Å². The van der Waals surface area contributed by atoms with E-state index in [0.29, 0.717) is 6.54 Å². The minimum atomic E-state index is -2.95. The smallest absolute Gasteiger partial charge is 0.173 e. The largest absolute Gasteiger partial charge is 0.305 e. The van der Waals surface area contributed by atoms with Crippen LogP contribution in [-0.2, 0) is 16.4 Å². The monoisotopic (exact) mass is 244 g/mol. The summed E-state index contributed by atoms with van der Waals surface area (Å²) in [6, 6.07) is -0.0580. The number of sulfone groups is 1. The summed E-state index contributed by atoms with van der Waals surface area (Å²) in [4.78, 5) is 5.26. The summed E-state index contributed by atoms with van der Waals surface area (Å²) in [5.74, 6) is 0.171. The second-order valence-corrected chi connectivity index (χ2v) is 6.74. The van der Waals surface area contributed by atoms with Gasteiger partial charge >= 0.3 is 0 Å². The Morgan fingerprint density at radius 2 is 2.47 bits per heavy atom. The Balaban J connectivity index is 1.88. The zero-order valence-electron chi connectivity index (χ0n) is 8.30. The Labute approximate surface area is 93.0 Å². The first-order chi connectivity index (χ1) is 7.05. The van der Waals surface area contributed by atoms with Gasteiger partial charge in [-0.2, -0.15) is 0 Å². The fourth-order valence-corrected chi connectivity index (χ4v) is 3.44. The van der Waals surface area contributed by atoms with Gasteiger partial charge in [0.2, 0.25) is 0 Å². The molecule has 1 unspecified atom stereocenters. The van der Waals surface area contributed by atoms with Gasteiger partial charge in [-0.05, 0) is 6.92 Å². The highest BCUT2D eigenvalue weighted by atomic mass is 32.2. The number of thiazole rings is 1. The summed E-state index contributed by atoms with van der Waals surface area (Å²) in [5.41, 5.74) is 0. The predicted molar refractivity (Wildman–Crippen MR) is 60.4 cm³/mol. The number of hydrogen-bond acceptors (Lipinski definition) is 5. The fraction of sp³-hybridized carbons (Fsp3) is 0.444. The molecule has 0 spiro atoms. The molecule has 0 saturated heterocycles. The minimum Gasteiger partial charge on any atom is -0.305 e. The summed E-state index contributed by atoms with van der Waals surface area (Å²) < 4.78 is 22.2. The van der Waals surface area contributed by atoms with Gasteiger partial charge in [0.25, 0.3) is 0 Å². The minimum absolute atomic E-state index is 0.0580. The first-order valence-corrected chi connectivity index (χ1v) is 7.14. The first kappa shape index (κ1) is 10.8. The molecule has 0 saturated carbocycles. The Hall–Kier alpha value is -0.720. The third kappa shape index (κ3) is 2.87. The summed E-state index contributed by atoms with van der Waals surface area (Å²) in [6.45, 7) is 2.63. The van der Waals surface area contributed by atoms with Crippen molar-refractivity contribution in [2.75, 3.05) is 5.75 Å². The second kappa shape index (κ2) is 4.03. The van der Waals surface area contributed by atoms with E-state index >= 15 is 0 Å². The van der Waals surface area contributed by atoms with Gasteiger partial charge in [-0.15, -0.1) is 11.3 Å². The van der Waals surface area contributed by atoms with E-state index in [1.165, 1.54) is 5.41 Å². The maximum absolute atomic E-state index is 11.1. The standard InChI is InChI=1S/C9H12N2O2S2/c1-7-10-4-9(14-7)5-11-8-2-3-15(12,13)6-8/h2-4,8,11H,5-6H2,1H3. The molecule has 1 aromatic rings. The van der Waals surface area contributed by atoms with Crippen molar-refractivity contribution in [2.24, 2.45) is 0 Å². The molecule has 2 rings (SSSR count). The van der Waals surface area contributed by atoms with E-state index in [0.717, 1.165) is 9.88 Å². The molecule has 1 aliphatic heterocycles. The molecule has 1 N–H and O–H groups in total. The average molecular weight is 244 g/mol. The summed E-state index contributed by atoms with van der Waals surface area (Å²) >= 11 is 1.62. The number of rotatable bonds is 3. The highest BCUT2D eigenvalue weighted by Gasteiger charge is 2.20. The van der Waals surface area contributed by atoms with Crippen LogP contribution >= 0.6 is 11.3 Å². The van der Waals surface area contributed by atoms with Crippen LogP contribution in [0.3, 0.4) is 0 Å². The molecular formula is C9H12N2O2S2. The molecule has 0 aromatic carbocycles. The lowest BCUT2D eigenvalue weighted by molar-refractivity contribution is 0.591. The molecular weight excluding hydrogens is 232 g/mol. The van der Waals surface area contributed by atoms with Gasteiger partial charge in [0.15, 0.2) is 9.84 Å². The lowest BCUT2D eigenvalue weighted by atomic mass is 10.3. The van der Waals surface area contributed by atoms with Crippen LogP contribution in [-0.4, -0.2) is 25.2 Å². The Kier molecular flexibility index (Phi) is 2.90. The van der Waals surface area contributed by atoms with Crippen molar-refractivity contribution in [3.8, 4) is 0 Å². The number of aryl methyl sites for hydroxylation is 1. The number of hydrogen-bond donors (Lipinski definition) is 1. The van der Waals surface area contributed by atoms with Crippen molar-refractivity contribution in [3.05, 3.63) is 27.6 Å². The van der Waals surface area contributed by atoms with E-state index in [1.807, 2.05) is 13.1 Å². The molecule has 0 aliphatic carbocycles. The van der Waals surface area contributed by atoms with Crippen LogP contribution in [0, 0.1) is 6.92 Å². The first-order valence-electron chi connectivity index (χ1n) is 4.61. The maximum atomic E-state index is 11.1. The fourth-order valence-electron chi connectivity index (χ4n) is 1.42. The van der Waals surface area contributed by atoms with E-state index < -0.39 is 9.84 Å². The van der Waals surface area contributed by atoms with Crippen molar-refractivity contribution < 1.29 is 8.42 Å². The van der Waals surface area contributed by atoms with Gasteiger partial charge in [0, 0.05) is 29.1 Å². The summed E-state index contributed by atoms with van der Waals surface area (Å²) in [6.07, 6.45) is 3.52. The van der Waals surface area contributed by atoms with Gasteiger partial charge in [-0.1, -0.05) is 6.08 Å². The van der Waals surface area contributed by atoms with Crippen LogP contribution in [0.15, 0.2) is 17.7 Å². The third-order valence-electron chi connectivity index (χ3n) is 2.14. The molecule has 0 fully saturated rings. The van der Waals surface area contributed by atoms with Crippen LogP contribution < -0.4 is 5.32 Å². The van der Waals surface area contributed by atoms with Gasteiger partial charge in [-0.25, -0.2) is 13.4 Å². The molecule has 1 aliphatic rings. The van der Waals surface area contributed by atoms with E-state index in [1.54, 1.807) is 17.4 Å². The van der Waals surface area contributed by atoms with Gasteiger partial charge in [-0.3, -0.25) is 0 Å². The number of aromatic nitrogens is 1. The van der Waals surface area contributed by atoms with Gasteiger partial charge in [0.05, 0.1) is 10.8 Å². The molecule has 15 heavy (non-hydrogen) atoms.